The normalized spacial score (nSPS) is 22.1. The summed E-state index contributed by atoms with van der Waals surface area (Å²) in [7, 11) is 2.11. The molecule has 1 spiro atoms. The summed E-state index contributed by atoms with van der Waals surface area (Å²) in [4.78, 5) is 23.3. The van der Waals surface area contributed by atoms with Crippen LogP contribution >= 0.6 is 0 Å². The highest BCUT2D eigenvalue weighted by molar-refractivity contribution is 5.51. The summed E-state index contributed by atoms with van der Waals surface area (Å²) in [6.07, 6.45) is 11.4. The number of non-ortho nitro benzene ring substituents is 1. The van der Waals surface area contributed by atoms with E-state index in [1.165, 1.54) is 38.5 Å². The second-order valence-electron chi connectivity index (χ2n) is 7.73. The van der Waals surface area contributed by atoms with Gasteiger partial charge in [-0.3, -0.25) is 15.1 Å². The molecular formula is C19H26N4O2. The highest BCUT2D eigenvalue weighted by Crippen LogP contribution is 2.34. The third-order valence-corrected chi connectivity index (χ3v) is 6.10. The minimum atomic E-state index is -0.450. The van der Waals surface area contributed by atoms with Gasteiger partial charge in [-0.25, -0.2) is 4.99 Å². The molecule has 0 amide bonds. The zero-order valence-corrected chi connectivity index (χ0v) is 14.9. The fourth-order valence-corrected chi connectivity index (χ4v) is 4.66. The van der Waals surface area contributed by atoms with Crippen LogP contribution in [0.25, 0.3) is 0 Å². The Morgan fingerprint density at radius 1 is 1.04 bits per heavy atom. The summed E-state index contributed by atoms with van der Waals surface area (Å²) in [5.41, 5.74) is 0.662. The Hall–Kier alpha value is -1.98. The minimum Gasteiger partial charge on any atom is -0.370 e. The number of benzene rings is 1. The summed E-state index contributed by atoms with van der Waals surface area (Å²) >= 11 is 0. The van der Waals surface area contributed by atoms with Crippen LogP contribution in [0.3, 0.4) is 0 Å². The second-order valence-corrected chi connectivity index (χ2v) is 7.73. The lowest BCUT2D eigenvalue weighted by Crippen LogP contribution is -2.39. The molecule has 0 N–H and O–H groups in total. The van der Waals surface area contributed by atoms with Crippen LogP contribution in [0, 0.1) is 10.1 Å². The van der Waals surface area contributed by atoms with E-state index in [1.807, 2.05) is 6.07 Å². The van der Waals surface area contributed by atoms with Crippen molar-refractivity contribution in [2.45, 2.75) is 75.9 Å². The predicted octanol–water partition coefficient (Wildman–Crippen LogP) is 3.28. The van der Waals surface area contributed by atoms with Gasteiger partial charge >= 0.3 is 0 Å². The minimum absolute atomic E-state index is 0.0991. The van der Waals surface area contributed by atoms with E-state index in [0.717, 1.165) is 36.7 Å². The summed E-state index contributed by atoms with van der Waals surface area (Å²) in [6.45, 7) is 0. The molecule has 1 aromatic rings. The maximum atomic E-state index is 11.5. The molecule has 0 aromatic heterocycles. The van der Waals surface area contributed by atoms with Crippen molar-refractivity contribution < 1.29 is 4.92 Å². The van der Waals surface area contributed by atoms with Gasteiger partial charge in [0.2, 0.25) is 0 Å². The third-order valence-electron chi connectivity index (χ3n) is 6.10. The molecule has 1 aromatic carbocycles. The molecule has 3 aliphatic rings. The van der Waals surface area contributed by atoms with Gasteiger partial charge in [-0.1, -0.05) is 25.7 Å². The number of rotatable bonds is 3. The van der Waals surface area contributed by atoms with Gasteiger partial charge in [0, 0.05) is 19.2 Å². The van der Waals surface area contributed by atoms with E-state index in [9.17, 15) is 10.1 Å². The average molecular weight is 342 g/mol. The fraction of sp³-hybridized carbons (Fsp3) is 0.684. The van der Waals surface area contributed by atoms with E-state index >= 15 is 0 Å². The van der Waals surface area contributed by atoms with E-state index in [4.69, 9.17) is 9.98 Å². The maximum Gasteiger partial charge on any atom is 0.296 e. The van der Waals surface area contributed by atoms with Gasteiger partial charge in [0.05, 0.1) is 10.6 Å². The quantitative estimate of drug-likeness (QED) is 0.625. The molecule has 2 fully saturated rings. The van der Waals surface area contributed by atoms with Gasteiger partial charge in [-0.2, -0.15) is 0 Å². The van der Waals surface area contributed by atoms with Crippen LogP contribution in [-0.4, -0.2) is 23.7 Å². The van der Waals surface area contributed by atoms with Crippen molar-refractivity contribution in [2.24, 2.45) is 9.98 Å². The molecule has 6 nitrogen and oxygen atoms in total. The standard InChI is InChI=1S/C19H26N4O2/c1-22(14-8-4-2-5-9-14)15-10-11-16(23(24)25)18-17(15)20-19(21-18)12-6-3-7-13-19/h10-11,14H,2-9,12-13H2,1H3. The van der Waals surface area contributed by atoms with Crippen molar-refractivity contribution >= 4 is 11.4 Å². The molecular weight excluding hydrogens is 316 g/mol. The summed E-state index contributed by atoms with van der Waals surface area (Å²) in [5.74, 6) is 0. The Balaban J connectivity index is 1.81. The summed E-state index contributed by atoms with van der Waals surface area (Å²) in [5, 5.41) is 12.8. The Kier molecular flexibility index (Phi) is 4.21. The molecule has 6 heteroatoms. The van der Waals surface area contributed by atoms with Crippen LogP contribution in [0.4, 0.5) is 11.4 Å². The van der Waals surface area contributed by atoms with E-state index in [0.29, 0.717) is 11.4 Å². The van der Waals surface area contributed by atoms with Crippen molar-refractivity contribution in [1.82, 2.24) is 0 Å². The average Bonchev–Trinajstić information content (AvgIpc) is 2.99. The Morgan fingerprint density at radius 3 is 2.36 bits per heavy atom. The number of nitrogens with zero attached hydrogens (tertiary/aromatic N) is 4. The number of nitro groups is 1. The Labute approximate surface area is 147 Å². The van der Waals surface area contributed by atoms with Crippen molar-refractivity contribution in [2.75, 3.05) is 11.9 Å². The molecule has 2 aliphatic carbocycles. The molecule has 1 aliphatic heterocycles. The number of nitro benzene ring substituents is 1. The zero-order valence-electron chi connectivity index (χ0n) is 14.9. The first kappa shape index (κ1) is 16.5. The van der Waals surface area contributed by atoms with E-state index in [-0.39, 0.29) is 10.6 Å². The second kappa shape index (κ2) is 6.39. The van der Waals surface area contributed by atoms with Crippen LogP contribution in [0.2, 0.25) is 0 Å². The van der Waals surface area contributed by atoms with Gasteiger partial charge in [0.1, 0.15) is 5.36 Å². The first-order valence-corrected chi connectivity index (χ1v) is 9.60. The van der Waals surface area contributed by atoms with E-state index < -0.39 is 5.66 Å². The number of anilines is 1. The predicted molar refractivity (Wildman–Crippen MR) is 96.5 cm³/mol. The number of hydrogen-bond donors (Lipinski definition) is 0. The van der Waals surface area contributed by atoms with Crippen molar-refractivity contribution in [1.29, 1.82) is 0 Å². The van der Waals surface area contributed by atoms with Crippen LogP contribution in [0.1, 0.15) is 64.2 Å². The zero-order chi connectivity index (χ0) is 17.4. The SMILES string of the molecule is CN(c1ccc([N+](=O)[O-])c2c1=NC1(CCCCC1)N=2)C1CCCCC1. The van der Waals surface area contributed by atoms with E-state index in [1.54, 1.807) is 6.07 Å². The largest absolute Gasteiger partial charge is 0.370 e. The highest BCUT2D eigenvalue weighted by Gasteiger charge is 2.36. The van der Waals surface area contributed by atoms with E-state index in [2.05, 4.69) is 11.9 Å². The molecule has 1 heterocycles. The molecule has 0 radical (unpaired) electrons. The lowest BCUT2D eigenvalue weighted by Gasteiger charge is -2.33. The molecule has 0 atom stereocenters. The van der Waals surface area contributed by atoms with Crippen molar-refractivity contribution in [3.63, 3.8) is 0 Å². The van der Waals surface area contributed by atoms with Crippen molar-refractivity contribution in [3.05, 3.63) is 33.0 Å². The molecule has 134 valence electrons. The molecule has 4 rings (SSSR count). The van der Waals surface area contributed by atoms with Gasteiger partial charge in [0.25, 0.3) is 5.69 Å². The molecule has 25 heavy (non-hydrogen) atoms. The van der Waals surface area contributed by atoms with Crippen LogP contribution in [0.15, 0.2) is 22.1 Å². The monoisotopic (exact) mass is 342 g/mol. The van der Waals surface area contributed by atoms with Gasteiger partial charge in [-0.15, -0.1) is 0 Å². The van der Waals surface area contributed by atoms with Gasteiger partial charge in [0.15, 0.2) is 11.0 Å². The smallest absolute Gasteiger partial charge is 0.296 e. The van der Waals surface area contributed by atoms with Crippen LogP contribution in [0.5, 0.6) is 0 Å². The molecule has 2 saturated carbocycles. The topological polar surface area (TPSA) is 71.1 Å². The molecule has 0 unspecified atom stereocenters. The van der Waals surface area contributed by atoms with Crippen LogP contribution in [-0.2, 0) is 0 Å². The Bertz CT molecular complexity index is 792. The van der Waals surface area contributed by atoms with Gasteiger partial charge < -0.3 is 4.90 Å². The number of hydrogen-bond acceptors (Lipinski definition) is 5. The third kappa shape index (κ3) is 2.92. The summed E-state index contributed by atoms with van der Waals surface area (Å²) < 4.78 is 0. The van der Waals surface area contributed by atoms with Crippen LogP contribution < -0.4 is 15.6 Å². The molecule has 0 bridgehead atoms. The van der Waals surface area contributed by atoms with Crippen molar-refractivity contribution in [3.8, 4) is 0 Å². The number of fused-ring (bicyclic) bond motifs is 1. The summed E-state index contributed by atoms with van der Waals surface area (Å²) in [6, 6.07) is 4.00. The lowest BCUT2D eigenvalue weighted by molar-refractivity contribution is -0.386. The lowest BCUT2D eigenvalue weighted by atomic mass is 9.90. The first-order chi connectivity index (χ1) is 12.1. The fourth-order valence-electron chi connectivity index (χ4n) is 4.66. The first-order valence-electron chi connectivity index (χ1n) is 9.60. The highest BCUT2D eigenvalue weighted by atomic mass is 16.6. The maximum absolute atomic E-state index is 11.5. The molecule has 0 saturated heterocycles. The van der Waals surface area contributed by atoms with Gasteiger partial charge in [-0.05, 0) is 44.6 Å². The Morgan fingerprint density at radius 2 is 1.68 bits per heavy atom.